The van der Waals surface area contributed by atoms with Gasteiger partial charge in [0.1, 0.15) is 0 Å². The van der Waals surface area contributed by atoms with Crippen molar-refractivity contribution in [2.45, 2.75) is 40.7 Å². The molecule has 0 spiro atoms. The van der Waals surface area contributed by atoms with Gasteiger partial charge in [-0.3, -0.25) is 0 Å². The predicted molar refractivity (Wildman–Crippen MR) is 87.5 cm³/mol. The fraction of sp³-hybridized carbons (Fsp3) is 0.471. The molecule has 2 aromatic rings. The van der Waals surface area contributed by atoms with E-state index in [-0.39, 0.29) is 6.04 Å². The molecule has 0 aliphatic rings. The van der Waals surface area contributed by atoms with E-state index in [9.17, 15) is 0 Å². The molecule has 114 valence electrons. The minimum absolute atomic E-state index is 0.241. The topological polar surface area (TPSA) is 39.1 Å². The van der Waals surface area contributed by atoms with Crippen molar-refractivity contribution in [2.75, 3.05) is 19.0 Å². The molecule has 0 saturated heterocycles. The zero-order chi connectivity index (χ0) is 15.6. The van der Waals surface area contributed by atoms with Gasteiger partial charge in [-0.1, -0.05) is 17.7 Å². The van der Waals surface area contributed by atoms with Gasteiger partial charge in [-0.05, 0) is 45.7 Å². The Morgan fingerprint density at radius 2 is 1.81 bits per heavy atom. The van der Waals surface area contributed by atoms with Gasteiger partial charge in [0.2, 0.25) is 5.95 Å². The fourth-order valence-corrected chi connectivity index (χ4v) is 2.76. The highest BCUT2D eigenvalue weighted by Gasteiger charge is 2.14. The van der Waals surface area contributed by atoms with Gasteiger partial charge < -0.3 is 14.6 Å². The summed E-state index contributed by atoms with van der Waals surface area (Å²) in [6, 6.07) is 4.62. The van der Waals surface area contributed by atoms with Crippen molar-refractivity contribution in [1.82, 2.24) is 9.55 Å². The van der Waals surface area contributed by atoms with E-state index in [0.29, 0.717) is 6.61 Å². The number of hydrogen-bond donors (Lipinski definition) is 1. The number of methoxy groups -OCH3 is 1. The van der Waals surface area contributed by atoms with Crippen molar-refractivity contribution in [2.24, 2.45) is 0 Å². The average Bonchev–Trinajstić information content (AvgIpc) is 2.75. The van der Waals surface area contributed by atoms with Crippen LogP contribution in [-0.2, 0) is 4.74 Å². The standard InChI is InChI=1S/C17H25N3O/c1-11-7-12(2)16(13(3)8-11)19-17-18-14(4)9-20(17)15(5)10-21-6/h7-9,15H,10H2,1-6H3,(H,18,19). The Balaban J connectivity index is 2.36. The Kier molecular flexibility index (Phi) is 4.68. The average molecular weight is 287 g/mol. The molecule has 1 aromatic heterocycles. The number of anilines is 2. The number of nitrogens with zero attached hydrogens (tertiary/aromatic N) is 2. The van der Waals surface area contributed by atoms with Crippen LogP contribution in [0.15, 0.2) is 18.3 Å². The quantitative estimate of drug-likeness (QED) is 0.901. The van der Waals surface area contributed by atoms with E-state index in [2.05, 4.69) is 60.9 Å². The highest BCUT2D eigenvalue weighted by Crippen LogP contribution is 2.27. The third-order valence-electron chi connectivity index (χ3n) is 3.65. The third kappa shape index (κ3) is 3.45. The van der Waals surface area contributed by atoms with E-state index in [1.807, 2.05) is 6.92 Å². The molecular formula is C17H25N3O. The number of rotatable bonds is 5. The minimum atomic E-state index is 0.241. The SMILES string of the molecule is COCC(C)n1cc(C)nc1Nc1c(C)cc(C)cc1C. The van der Waals surface area contributed by atoms with Crippen molar-refractivity contribution < 1.29 is 4.74 Å². The second kappa shape index (κ2) is 6.31. The molecule has 1 heterocycles. The van der Waals surface area contributed by atoms with Crippen LogP contribution in [0.25, 0.3) is 0 Å². The summed E-state index contributed by atoms with van der Waals surface area (Å²) in [5.74, 6) is 0.868. The lowest BCUT2D eigenvalue weighted by Gasteiger charge is -2.18. The lowest BCUT2D eigenvalue weighted by Crippen LogP contribution is -2.13. The fourth-order valence-electron chi connectivity index (χ4n) is 2.76. The molecule has 2 rings (SSSR count). The molecule has 0 bridgehead atoms. The molecule has 0 aliphatic heterocycles. The van der Waals surface area contributed by atoms with E-state index in [1.165, 1.54) is 16.7 Å². The zero-order valence-corrected chi connectivity index (χ0v) is 13.8. The summed E-state index contributed by atoms with van der Waals surface area (Å²) in [5.41, 5.74) is 5.89. The first-order valence-electron chi connectivity index (χ1n) is 7.31. The van der Waals surface area contributed by atoms with Crippen LogP contribution in [0.2, 0.25) is 0 Å². The number of hydrogen-bond acceptors (Lipinski definition) is 3. The van der Waals surface area contributed by atoms with E-state index in [1.54, 1.807) is 7.11 Å². The molecule has 0 fully saturated rings. The summed E-state index contributed by atoms with van der Waals surface area (Å²) in [4.78, 5) is 4.61. The van der Waals surface area contributed by atoms with Crippen molar-refractivity contribution in [1.29, 1.82) is 0 Å². The smallest absolute Gasteiger partial charge is 0.207 e. The van der Waals surface area contributed by atoms with Crippen LogP contribution in [0, 0.1) is 27.7 Å². The molecule has 1 N–H and O–H groups in total. The second-order valence-electron chi connectivity index (χ2n) is 5.82. The van der Waals surface area contributed by atoms with Gasteiger partial charge in [0.25, 0.3) is 0 Å². The first kappa shape index (κ1) is 15.6. The molecule has 0 radical (unpaired) electrons. The molecule has 0 amide bonds. The number of imidazole rings is 1. The monoisotopic (exact) mass is 287 g/mol. The van der Waals surface area contributed by atoms with Crippen LogP contribution < -0.4 is 5.32 Å². The maximum absolute atomic E-state index is 5.26. The van der Waals surface area contributed by atoms with Gasteiger partial charge in [0.05, 0.1) is 18.3 Å². The van der Waals surface area contributed by atoms with Crippen LogP contribution >= 0.6 is 0 Å². The van der Waals surface area contributed by atoms with Gasteiger partial charge >= 0.3 is 0 Å². The summed E-state index contributed by atoms with van der Waals surface area (Å²) < 4.78 is 7.40. The van der Waals surface area contributed by atoms with Crippen LogP contribution in [0.4, 0.5) is 11.6 Å². The van der Waals surface area contributed by atoms with E-state index < -0.39 is 0 Å². The number of benzene rings is 1. The van der Waals surface area contributed by atoms with Crippen LogP contribution in [0.5, 0.6) is 0 Å². The van der Waals surface area contributed by atoms with E-state index in [0.717, 1.165) is 17.3 Å². The summed E-state index contributed by atoms with van der Waals surface area (Å²) in [6.45, 7) is 11.2. The molecular weight excluding hydrogens is 262 g/mol. The number of aryl methyl sites for hydroxylation is 4. The van der Waals surface area contributed by atoms with Gasteiger partial charge in [0, 0.05) is 19.0 Å². The highest BCUT2D eigenvalue weighted by molar-refractivity contribution is 5.64. The molecule has 0 aliphatic carbocycles. The Labute approximate surface area is 127 Å². The van der Waals surface area contributed by atoms with Crippen LogP contribution in [0.1, 0.15) is 35.3 Å². The molecule has 1 atom stereocenters. The minimum Gasteiger partial charge on any atom is -0.383 e. The summed E-state index contributed by atoms with van der Waals surface area (Å²) >= 11 is 0. The summed E-state index contributed by atoms with van der Waals surface area (Å²) in [7, 11) is 1.72. The molecule has 4 heteroatoms. The zero-order valence-electron chi connectivity index (χ0n) is 13.8. The maximum atomic E-state index is 5.26. The largest absolute Gasteiger partial charge is 0.383 e. The number of aromatic nitrogens is 2. The first-order valence-corrected chi connectivity index (χ1v) is 7.31. The maximum Gasteiger partial charge on any atom is 0.207 e. The van der Waals surface area contributed by atoms with Crippen molar-refractivity contribution in [3.8, 4) is 0 Å². The van der Waals surface area contributed by atoms with Gasteiger partial charge in [-0.25, -0.2) is 4.98 Å². The Morgan fingerprint density at radius 3 is 2.38 bits per heavy atom. The van der Waals surface area contributed by atoms with Gasteiger partial charge in [-0.15, -0.1) is 0 Å². The normalized spacial score (nSPS) is 12.5. The Bertz CT molecular complexity index is 608. The van der Waals surface area contributed by atoms with E-state index >= 15 is 0 Å². The second-order valence-corrected chi connectivity index (χ2v) is 5.82. The number of nitrogens with one attached hydrogen (secondary N) is 1. The predicted octanol–water partition coefficient (Wildman–Crippen LogP) is 4.07. The van der Waals surface area contributed by atoms with Crippen LogP contribution in [-0.4, -0.2) is 23.3 Å². The highest BCUT2D eigenvalue weighted by atomic mass is 16.5. The van der Waals surface area contributed by atoms with E-state index in [4.69, 9.17) is 4.74 Å². The summed E-state index contributed by atoms with van der Waals surface area (Å²) in [5, 5.41) is 3.49. The lowest BCUT2D eigenvalue weighted by molar-refractivity contribution is 0.163. The summed E-state index contributed by atoms with van der Waals surface area (Å²) in [6.07, 6.45) is 2.06. The number of ether oxygens (including phenoxy) is 1. The molecule has 21 heavy (non-hydrogen) atoms. The van der Waals surface area contributed by atoms with Crippen molar-refractivity contribution >= 4 is 11.6 Å². The van der Waals surface area contributed by atoms with Crippen molar-refractivity contribution in [3.63, 3.8) is 0 Å². The van der Waals surface area contributed by atoms with Crippen molar-refractivity contribution in [3.05, 3.63) is 40.7 Å². The van der Waals surface area contributed by atoms with Crippen LogP contribution in [0.3, 0.4) is 0 Å². The van der Waals surface area contributed by atoms with Gasteiger partial charge in [0.15, 0.2) is 0 Å². The third-order valence-corrected chi connectivity index (χ3v) is 3.65. The molecule has 1 unspecified atom stereocenters. The molecule has 4 nitrogen and oxygen atoms in total. The first-order chi connectivity index (χ1) is 9.92. The van der Waals surface area contributed by atoms with Gasteiger partial charge in [-0.2, -0.15) is 0 Å². The lowest BCUT2D eigenvalue weighted by atomic mass is 10.1. The molecule has 1 aromatic carbocycles. The Hall–Kier alpha value is -1.81. The molecule has 0 saturated carbocycles. The Morgan fingerprint density at radius 1 is 1.19 bits per heavy atom.